The van der Waals surface area contributed by atoms with Crippen LogP contribution in [0.15, 0.2) is 18.3 Å². The third-order valence-corrected chi connectivity index (χ3v) is 3.15. The second kappa shape index (κ2) is 4.83. The molecule has 1 aromatic heterocycles. The molecule has 2 rings (SSSR count). The second-order valence-corrected chi connectivity index (χ2v) is 4.79. The highest BCUT2D eigenvalue weighted by Crippen LogP contribution is 2.17. The molecule has 86 valence electrons. The average Bonchev–Trinajstić information content (AvgIpc) is 2.28. The normalized spacial score (nSPS) is 20.9. The Kier molecular flexibility index (Phi) is 3.44. The molecule has 0 spiro atoms. The van der Waals surface area contributed by atoms with Crippen LogP contribution in [0.25, 0.3) is 0 Å². The largest absolute Gasteiger partial charge is 0.337 e. The number of halogens is 1. The first kappa shape index (κ1) is 11.4. The van der Waals surface area contributed by atoms with Crippen LogP contribution in [0.4, 0.5) is 0 Å². The van der Waals surface area contributed by atoms with Gasteiger partial charge < -0.3 is 4.90 Å². The molecular weight excluding hydrogens is 224 g/mol. The van der Waals surface area contributed by atoms with Crippen molar-refractivity contribution in [3.8, 4) is 0 Å². The monoisotopic (exact) mass is 238 g/mol. The van der Waals surface area contributed by atoms with E-state index in [4.69, 9.17) is 11.6 Å². The van der Waals surface area contributed by atoms with Crippen molar-refractivity contribution in [2.45, 2.75) is 25.1 Å². The fourth-order valence-corrected chi connectivity index (χ4v) is 2.29. The van der Waals surface area contributed by atoms with Crippen LogP contribution in [0.5, 0.6) is 0 Å². The van der Waals surface area contributed by atoms with E-state index in [9.17, 15) is 4.79 Å². The van der Waals surface area contributed by atoms with Crippen LogP contribution >= 0.6 is 11.6 Å². The van der Waals surface area contributed by atoms with Crippen molar-refractivity contribution in [2.24, 2.45) is 0 Å². The number of likely N-dealkylation sites (tertiary alicyclic amines) is 1. The van der Waals surface area contributed by atoms with Gasteiger partial charge >= 0.3 is 0 Å². The zero-order chi connectivity index (χ0) is 11.5. The maximum Gasteiger partial charge on any atom is 0.254 e. The van der Waals surface area contributed by atoms with Crippen LogP contribution in [0, 0.1) is 6.92 Å². The molecule has 1 amide bonds. The molecule has 1 aliphatic rings. The van der Waals surface area contributed by atoms with Crippen LogP contribution in [0.2, 0.25) is 0 Å². The van der Waals surface area contributed by atoms with Crippen molar-refractivity contribution in [3.05, 3.63) is 29.6 Å². The van der Waals surface area contributed by atoms with E-state index in [-0.39, 0.29) is 11.3 Å². The number of alkyl halides is 1. The predicted molar refractivity (Wildman–Crippen MR) is 63.8 cm³/mol. The lowest BCUT2D eigenvalue weighted by atomic mass is 10.1. The minimum Gasteiger partial charge on any atom is -0.337 e. The number of piperidine rings is 1. The number of nitrogens with zero attached hydrogens (tertiary/aromatic N) is 2. The molecule has 0 saturated carbocycles. The Labute approximate surface area is 100 Å². The summed E-state index contributed by atoms with van der Waals surface area (Å²) in [6.07, 6.45) is 3.66. The molecule has 1 atom stereocenters. The van der Waals surface area contributed by atoms with E-state index in [0.29, 0.717) is 12.1 Å². The molecule has 16 heavy (non-hydrogen) atoms. The van der Waals surface area contributed by atoms with Gasteiger partial charge in [-0.1, -0.05) is 0 Å². The molecule has 1 saturated heterocycles. The molecule has 1 fully saturated rings. The third-order valence-electron chi connectivity index (χ3n) is 2.79. The first-order valence-electron chi connectivity index (χ1n) is 5.53. The number of carbonyl (C=O) groups is 1. The quantitative estimate of drug-likeness (QED) is 0.703. The summed E-state index contributed by atoms with van der Waals surface area (Å²) >= 11 is 6.07. The van der Waals surface area contributed by atoms with E-state index in [0.717, 1.165) is 25.1 Å². The smallest absolute Gasteiger partial charge is 0.254 e. The molecular formula is C12H15ClN2O. The molecule has 1 aliphatic heterocycles. The fourth-order valence-electron chi connectivity index (χ4n) is 1.97. The Morgan fingerprint density at radius 1 is 1.62 bits per heavy atom. The van der Waals surface area contributed by atoms with Crippen LogP contribution in [0.3, 0.4) is 0 Å². The van der Waals surface area contributed by atoms with E-state index < -0.39 is 0 Å². The van der Waals surface area contributed by atoms with Crippen molar-refractivity contribution >= 4 is 17.5 Å². The zero-order valence-corrected chi connectivity index (χ0v) is 10.1. The first-order valence-corrected chi connectivity index (χ1v) is 5.96. The highest BCUT2D eigenvalue weighted by Gasteiger charge is 2.22. The minimum atomic E-state index is 0.0656. The number of aryl methyl sites for hydroxylation is 1. The number of amides is 1. The Morgan fingerprint density at radius 3 is 3.12 bits per heavy atom. The van der Waals surface area contributed by atoms with Crippen LogP contribution < -0.4 is 0 Å². The number of pyridine rings is 1. The zero-order valence-electron chi connectivity index (χ0n) is 9.32. The number of hydrogen-bond acceptors (Lipinski definition) is 2. The van der Waals surface area contributed by atoms with Crippen molar-refractivity contribution in [1.29, 1.82) is 0 Å². The van der Waals surface area contributed by atoms with Gasteiger partial charge in [0.25, 0.3) is 5.91 Å². The predicted octanol–water partition coefficient (Wildman–Crippen LogP) is 2.23. The van der Waals surface area contributed by atoms with Gasteiger partial charge in [0.05, 0.1) is 5.38 Å². The van der Waals surface area contributed by atoms with E-state index in [1.165, 1.54) is 0 Å². The lowest BCUT2D eigenvalue weighted by Gasteiger charge is -2.29. The molecule has 0 bridgehead atoms. The maximum absolute atomic E-state index is 12.1. The molecule has 3 nitrogen and oxygen atoms in total. The summed E-state index contributed by atoms with van der Waals surface area (Å²) in [7, 11) is 0. The van der Waals surface area contributed by atoms with E-state index in [2.05, 4.69) is 4.98 Å². The summed E-state index contributed by atoms with van der Waals surface area (Å²) in [5, 5.41) is 0.0978. The number of hydrogen-bond donors (Lipinski definition) is 0. The van der Waals surface area contributed by atoms with Crippen molar-refractivity contribution in [1.82, 2.24) is 9.88 Å². The second-order valence-electron chi connectivity index (χ2n) is 4.18. The Hall–Kier alpha value is -1.09. The van der Waals surface area contributed by atoms with Crippen LogP contribution in [-0.2, 0) is 0 Å². The molecule has 1 unspecified atom stereocenters. The summed E-state index contributed by atoms with van der Waals surface area (Å²) in [6, 6.07) is 3.58. The van der Waals surface area contributed by atoms with Gasteiger partial charge in [-0.15, -0.1) is 11.6 Å². The molecule has 4 heteroatoms. The SMILES string of the molecule is Cc1cc(C(=O)N2CCCC(Cl)C2)ccn1. The number of rotatable bonds is 1. The number of aromatic nitrogens is 1. The summed E-state index contributed by atoms with van der Waals surface area (Å²) in [4.78, 5) is 18.1. The van der Waals surface area contributed by atoms with E-state index in [1.807, 2.05) is 17.9 Å². The van der Waals surface area contributed by atoms with Gasteiger partial charge in [-0.3, -0.25) is 9.78 Å². The lowest BCUT2D eigenvalue weighted by molar-refractivity contribution is 0.0727. The van der Waals surface area contributed by atoms with Gasteiger partial charge in [-0.25, -0.2) is 0 Å². The van der Waals surface area contributed by atoms with Crippen molar-refractivity contribution < 1.29 is 4.79 Å². The van der Waals surface area contributed by atoms with Crippen molar-refractivity contribution in [2.75, 3.05) is 13.1 Å². The first-order chi connectivity index (χ1) is 7.66. The number of carbonyl (C=O) groups excluding carboxylic acids is 1. The highest BCUT2D eigenvalue weighted by atomic mass is 35.5. The third kappa shape index (κ3) is 2.53. The summed E-state index contributed by atoms with van der Waals surface area (Å²) in [6.45, 7) is 3.35. The maximum atomic E-state index is 12.1. The van der Waals surface area contributed by atoms with Gasteiger partial charge in [0.15, 0.2) is 0 Å². The van der Waals surface area contributed by atoms with E-state index in [1.54, 1.807) is 12.3 Å². The van der Waals surface area contributed by atoms with Crippen molar-refractivity contribution in [3.63, 3.8) is 0 Å². The molecule has 0 aromatic carbocycles. The van der Waals surface area contributed by atoms with Gasteiger partial charge in [-0.2, -0.15) is 0 Å². The van der Waals surface area contributed by atoms with E-state index >= 15 is 0 Å². The van der Waals surface area contributed by atoms with Gasteiger partial charge in [-0.05, 0) is 31.9 Å². The highest BCUT2D eigenvalue weighted by molar-refractivity contribution is 6.21. The molecule has 0 aliphatic carbocycles. The molecule has 1 aromatic rings. The van der Waals surface area contributed by atoms with Gasteiger partial charge in [0.1, 0.15) is 0 Å². The summed E-state index contributed by atoms with van der Waals surface area (Å²) < 4.78 is 0. The standard InChI is InChI=1S/C12H15ClN2O/c1-9-7-10(4-5-14-9)12(16)15-6-2-3-11(13)8-15/h4-5,7,11H,2-3,6,8H2,1H3. The minimum absolute atomic E-state index is 0.0656. The molecule has 0 N–H and O–H groups in total. The van der Waals surface area contributed by atoms with Crippen LogP contribution in [-0.4, -0.2) is 34.3 Å². The Balaban J connectivity index is 2.12. The summed E-state index contributed by atoms with van der Waals surface area (Å²) in [5.74, 6) is 0.0656. The lowest BCUT2D eigenvalue weighted by Crippen LogP contribution is -2.40. The summed E-state index contributed by atoms with van der Waals surface area (Å²) in [5.41, 5.74) is 1.57. The topological polar surface area (TPSA) is 33.2 Å². The fraction of sp³-hybridized carbons (Fsp3) is 0.500. The van der Waals surface area contributed by atoms with Gasteiger partial charge in [0.2, 0.25) is 0 Å². The van der Waals surface area contributed by atoms with Gasteiger partial charge in [0, 0.05) is 30.5 Å². The molecule has 2 heterocycles. The Morgan fingerprint density at radius 2 is 2.44 bits per heavy atom. The molecule has 0 radical (unpaired) electrons. The Bertz CT molecular complexity index is 394. The van der Waals surface area contributed by atoms with Crippen LogP contribution in [0.1, 0.15) is 28.9 Å². The average molecular weight is 239 g/mol.